The van der Waals surface area contributed by atoms with Crippen molar-refractivity contribution in [2.24, 2.45) is 58.8 Å². The smallest absolute Gasteiger partial charge is 0.233 e. The Kier molecular flexibility index (Phi) is 20.3. The molecule has 8 aliphatic rings. The van der Waals surface area contributed by atoms with Crippen LogP contribution < -0.4 is 32.7 Å². The van der Waals surface area contributed by atoms with Crippen molar-refractivity contribution < 1.29 is 39.6 Å². The van der Waals surface area contributed by atoms with E-state index in [9.17, 15) is 39.6 Å². The molecule has 356 valence electrons. The standard InChI is InChI=1S/2C12H21NO2S.2C10H18N2O2S/c2*1-3-4-11(14)13-9-5-8-7(9)6-10(16-2)12(8)15;2*1-15-8-3-5-6(10(8)14)2-7(5)12-9(13)4-11/h2*7-10,12,15H,3-6H2,1-2H3,(H,13,14);2*5-8,10,14H,2-4,11H2,1H3,(H,12,13)/t2*7-,8-,9+,10+,12+;2*5-,6-,7+,8+,10+/m1010/s1. The Morgan fingerprint density at radius 3 is 0.839 bits per heavy atom. The van der Waals surface area contributed by atoms with Crippen molar-refractivity contribution in [3.63, 3.8) is 0 Å². The van der Waals surface area contributed by atoms with E-state index in [4.69, 9.17) is 11.5 Å². The highest BCUT2D eigenvalue weighted by Crippen LogP contribution is 2.53. The molecule has 20 atom stereocenters. The maximum absolute atomic E-state index is 11.5. The van der Waals surface area contributed by atoms with E-state index in [0.29, 0.717) is 93.3 Å². The van der Waals surface area contributed by atoms with Crippen LogP contribution in [0.2, 0.25) is 0 Å². The van der Waals surface area contributed by atoms with Gasteiger partial charge in [-0.25, -0.2) is 0 Å². The molecule has 0 heterocycles. The first-order chi connectivity index (χ1) is 29.7. The molecule has 0 radical (unpaired) electrons. The van der Waals surface area contributed by atoms with E-state index < -0.39 is 0 Å². The second-order valence-corrected chi connectivity index (χ2v) is 23.2. The zero-order valence-corrected chi connectivity index (χ0v) is 40.9. The van der Waals surface area contributed by atoms with Crippen LogP contribution in [0.5, 0.6) is 0 Å². The molecular weight excluding hydrogens is 869 g/mol. The molecule has 14 nitrogen and oxygen atoms in total. The lowest BCUT2D eigenvalue weighted by Gasteiger charge is -2.41. The monoisotopic (exact) mass is 946 g/mol. The summed E-state index contributed by atoms with van der Waals surface area (Å²) in [5.74, 6) is 3.81. The third-order valence-electron chi connectivity index (χ3n) is 15.6. The lowest BCUT2D eigenvalue weighted by molar-refractivity contribution is -0.124. The van der Waals surface area contributed by atoms with Gasteiger partial charge in [0.1, 0.15) is 0 Å². The summed E-state index contributed by atoms with van der Waals surface area (Å²) in [6, 6.07) is 1.15. The van der Waals surface area contributed by atoms with Crippen LogP contribution in [0.1, 0.15) is 90.9 Å². The molecule has 8 fully saturated rings. The lowest BCUT2D eigenvalue weighted by Crippen LogP contribution is -2.53. The fraction of sp³-hybridized carbons (Fsp3) is 0.909. The number of thioether (sulfide) groups is 4. The summed E-state index contributed by atoms with van der Waals surface area (Å²) in [7, 11) is 0. The highest BCUT2D eigenvalue weighted by atomic mass is 32.2. The fourth-order valence-electron chi connectivity index (χ4n) is 11.8. The van der Waals surface area contributed by atoms with Gasteiger partial charge in [-0.3, -0.25) is 19.2 Å². The Bertz CT molecular complexity index is 1390. The van der Waals surface area contributed by atoms with Crippen LogP contribution in [-0.2, 0) is 19.2 Å². The number of rotatable bonds is 14. The highest BCUT2D eigenvalue weighted by Gasteiger charge is 2.56. The van der Waals surface area contributed by atoms with E-state index in [1.165, 1.54) is 0 Å². The van der Waals surface area contributed by atoms with Gasteiger partial charge in [0.05, 0.1) is 37.5 Å². The van der Waals surface area contributed by atoms with Gasteiger partial charge in [-0.05, 0) is 137 Å². The van der Waals surface area contributed by atoms with Crippen LogP contribution in [0.4, 0.5) is 0 Å². The average Bonchev–Trinajstić information content (AvgIpc) is 3.85. The second kappa shape index (κ2) is 24.2. The third kappa shape index (κ3) is 11.9. The van der Waals surface area contributed by atoms with E-state index in [0.717, 1.165) is 64.2 Å². The molecule has 0 aromatic heterocycles. The first kappa shape index (κ1) is 52.0. The minimum Gasteiger partial charge on any atom is -0.392 e. The summed E-state index contributed by atoms with van der Waals surface area (Å²) < 4.78 is 0. The van der Waals surface area contributed by atoms with Crippen molar-refractivity contribution >= 4 is 70.7 Å². The molecule has 4 amide bonds. The number of hydrogen-bond acceptors (Lipinski definition) is 14. The van der Waals surface area contributed by atoms with Crippen LogP contribution in [0.3, 0.4) is 0 Å². The molecule has 0 unspecified atom stereocenters. The van der Waals surface area contributed by atoms with Crippen LogP contribution in [0.25, 0.3) is 0 Å². The zero-order chi connectivity index (χ0) is 45.4. The number of nitrogens with two attached hydrogens (primary N) is 2. The van der Waals surface area contributed by atoms with Crippen LogP contribution in [-0.4, -0.2) is 152 Å². The number of fused-ring (bicyclic) bond motifs is 4. The van der Waals surface area contributed by atoms with Gasteiger partial charge in [0.15, 0.2) is 0 Å². The first-order valence-corrected chi connectivity index (χ1v) is 28.2. The van der Waals surface area contributed by atoms with Crippen LogP contribution in [0, 0.1) is 47.3 Å². The molecule has 18 heteroatoms. The molecular formula is C44H78N6O8S4. The maximum Gasteiger partial charge on any atom is 0.233 e. The molecule has 0 bridgehead atoms. The predicted octanol–water partition coefficient (Wildman–Crippen LogP) is 1.93. The number of hydrogen-bond donors (Lipinski definition) is 10. The second-order valence-electron chi connectivity index (χ2n) is 18.9. The van der Waals surface area contributed by atoms with Gasteiger partial charge in [0, 0.05) is 58.0 Å². The fourth-order valence-corrected chi connectivity index (χ4v) is 15.4. The summed E-state index contributed by atoms with van der Waals surface area (Å²) in [6.45, 7) is 4.16. The Balaban J connectivity index is 0.000000156. The number of aliphatic hydroxyl groups excluding tert-OH is 4. The largest absolute Gasteiger partial charge is 0.392 e. The number of amides is 4. The van der Waals surface area contributed by atoms with E-state index in [2.05, 4.69) is 33.8 Å². The summed E-state index contributed by atoms with van der Waals surface area (Å²) in [6.07, 6.45) is 18.5. The quantitative estimate of drug-likeness (QED) is 0.120. The Labute approximate surface area is 387 Å². The summed E-state index contributed by atoms with van der Waals surface area (Å²) in [5, 5.41) is 53.3. The molecule has 12 N–H and O–H groups in total. The summed E-state index contributed by atoms with van der Waals surface area (Å²) in [5.41, 5.74) is 10.5. The summed E-state index contributed by atoms with van der Waals surface area (Å²) in [4.78, 5) is 45.2. The summed E-state index contributed by atoms with van der Waals surface area (Å²) >= 11 is 6.97. The Morgan fingerprint density at radius 1 is 0.419 bits per heavy atom. The van der Waals surface area contributed by atoms with E-state index in [1.807, 2.05) is 26.4 Å². The molecule has 62 heavy (non-hydrogen) atoms. The number of carbonyl (C=O) groups excluding carboxylic acids is 4. The van der Waals surface area contributed by atoms with Gasteiger partial charge < -0.3 is 53.2 Å². The van der Waals surface area contributed by atoms with Crippen LogP contribution in [0.15, 0.2) is 0 Å². The Hall–Kier alpha value is -0.960. The number of nitrogens with one attached hydrogen (secondary N) is 4. The van der Waals surface area contributed by atoms with Crippen molar-refractivity contribution in [3.8, 4) is 0 Å². The average molecular weight is 947 g/mol. The number of carbonyl (C=O) groups is 4. The van der Waals surface area contributed by atoms with Gasteiger partial charge in [0.25, 0.3) is 0 Å². The van der Waals surface area contributed by atoms with E-state index >= 15 is 0 Å². The number of aliphatic hydroxyl groups is 4. The SMILES string of the molecule is CCCC(=O)N[C@@H]1C[C@@H]2[C@@H](O)[C@H](SC)C[C@@H]21.CCCC(=O)N[C@H]1C[C@H]2[C@H](O)[C@@H](SC)C[C@H]21.CS[C@@H]1C[C@H]2[C@H](C[C@H]2NC(=O)CN)[C@H]1O.CS[C@H]1C[C@@H]2[C@@H](C[C@@H]2NC(=O)CN)[C@@H]1O. The molecule has 0 saturated heterocycles. The third-order valence-corrected chi connectivity index (χ3v) is 19.9. The molecule has 0 aromatic rings. The van der Waals surface area contributed by atoms with E-state index in [-0.39, 0.29) is 73.2 Å². The minimum atomic E-state index is -0.184. The van der Waals surface area contributed by atoms with Crippen molar-refractivity contribution in [1.29, 1.82) is 0 Å². The molecule has 8 rings (SSSR count). The van der Waals surface area contributed by atoms with Gasteiger partial charge >= 0.3 is 0 Å². The molecule has 0 aliphatic heterocycles. The van der Waals surface area contributed by atoms with Crippen molar-refractivity contribution in [1.82, 2.24) is 21.3 Å². The van der Waals surface area contributed by atoms with Crippen LogP contribution >= 0.6 is 47.0 Å². The minimum absolute atomic E-state index is 0.0579. The Morgan fingerprint density at radius 2 is 0.645 bits per heavy atom. The van der Waals surface area contributed by atoms with Crippen molar-refractivity contribution in [3.05, 3.63) is 0 Å². The molecule has 8 saturated carbocycles. The van der Waals surface area contributed by atoms with Crippen molar-refractivity contribution in [2.75, 3.05) is 38.1 Å². The zero-order valence-electron chi connectivity index (χ0n) is 37.7. The molecule has 0 spiro atoms. The predicted molar refractivity (Wildman–Crippen MR) is 254 cm³/mol. The molecule has 0 aromatic carbocycles. The van der Waals surface area contributed by atoms with Gasteiger partial charge in [-0.1, -0.05) is 13.8 Å². The first-order valence-electron chi connectivity index (χ1n) is 23.1. The van der Waals surface area contributed by atoms with Gasteiger partial charge in [-0.15, -0.1) is 0 Å². The highest BCUT2D eigenvalue weighted by molar-refractivity contribution is 7.99. The normalized spacial score (nSPS) is 42.3. The van der Waals surface area contributed by atoms with E-state index in [1.54, 1.807) is 47.0 Å². The van der Waals surface area contributed by atoms with Gasteiger partial charge in [0.2, 0.25) is 23.6 Å². The molecule has 8 aliphatic carbocycles. The maximum atomic E-state index is 11.5. The lowest BCUT2D eigenvalue weighted by atomic mass is 9.71. The topological polar surface area (TPSA) is 249 Å². The van der Waals surface area contributed by atoms with Gasteiger partial charge in [-0.2, -0.15) is 47.0 Å². The van der Waals surface area contributed by atoms with Crippen molar-refractivity contribution in [2.45, 2.75) is 160 Å².